The van der Waals surface area contributed by atoms with E-state index in [0.717, 1.165) is 19.0 Å². The molecule has 1 aromatic carbocycles. The van der Waals surface area contributed by atoms with Crippen molar-refractivity contribution in [2.24, 2.45) is 16.8 Å². The van der Waals surface area contributed by atoms with Gasteiger partial charge in [-0.25, -0.2) is 13.1 Å². The number of sulfonamides is 1. The maximum Gasteiger partial charge on any atom is 0.240 e. The van der Waals surface area contributed by atoms with Crippen molar-refractivity contribution in [2.45, 2.75) is 29.9 Å². The summed E-state index contributed by atoms with van der Waals surface area (Å²) in [5.41, 5.74) is 0. The van der Waals surface area contributed by atoms with Crippen LogP contribution in [0, 0.1) is 11.8 Å². The van der Waals surface area contributed by atoms with Gasteiger partial charge in [-0.1, -0.05) is 18.2 Å². The van der Waals surface area contributed by atoms with Crippen molar-refractivity contribution in [3.8, 4) is 0 Å². The second-order valence-electron chi connectivity index (χ2n) is 7.21. The lowest BCUT2D eigenvalue weighted by Crippen LogP contribution is -2.44. The summed E-state index contributed by atoms with van der Waals surface area (Å²) < 4.78 is 33.1. The third kappa shape index (κ3) is 3.33. The minimum atomic E-state index is -3.46. The average molecular weight is 378 g/mol. The fourth-order valence-corrected chi connectivity index (χ4v) is 5.56. The highest BCUT2D eigenvalue weighted by Crippen LogP contribution is 2.47. The molecule has 8 heteroatoms. The molecule has 4 rings (SSSR count). The number of guanidine groups is 1. The van der Waals surface area contributed by atoms with Crippen molar-refractivity contribution >= 4 is 16.0 Å². The lowest BCUT2D eigenvalue weighted by atomic mass is 9.82. The van der Waals surface area contributed by atoms with Gasteiger partial charge in [-0.15, -0.1) is 0 Å². The molecule has 3 saturated heterocycles. The Kier molecular flexibility index (Phi) is 4.90. The van der Waals surface area contributed by atoms with E-state index in [1.807, 2.05) is 0 Å². The number of nitrogens with one attached hydrogen (secondary N) is 2. The molecular weight excluding hydrogens is 352 g/mol. The molecule has 2 N–H and O–H groups in total. The molecule has 4 atom stereocenters. The topological polar surface area (TPSA) is 83.0 Å². The Balaban J connectivity index is 1.27. The van der Waals surface area contributed by atoms with Crippen LogP contribution < -0.4 is 10.0 Å². The lowest BCUT2D eigenvalue weighted by Gasteiger charge is -2.23. The van der Waals surface area contributed by atoms with Gasteiger partial charge in [0.15, 0.2) is 5.96 Å². The molecule has 0 radical (unpaired) electrons. The molecule has 0 aromatic heterocycles. The number of hydrogen-bond donors (Lipinski definition) is 2. The highest BCUT2D eigenvalue weighted by atomic mass is 32.2. The average Bonchev–Trinajstić information content (AvgIpc) is 3.35. The zero-order valence-electron chi connectivity index (χ0n) is 15.0. The first-order chi connectivity index (χ1) is 12.6. The van der Waals surface area contributed by atoms with Gasteiger partial charge in [0.2, 0.25) is 10.0 Å². The van der Waals surface area contributed by atoms with Crippen LogP contribution in [0.5, 0.6) is 0 Å². The van der Waals surface area contributed by atoms with Crippen LogP contribution in [0.2, 0.25) is 0 Å². The third-order valence-electron chi connectivity index (χ3n) is 5.72. The van der Waals surface area contributed by atoms with Gasteiger partial charge in [0.1, 0.15) is 0 Å². The highest BCUT2D eigenvalue weighted by molar-refractivity contribution is 7.89. The number of aliphatic imine (C=N–C) groups is 1. The van der Waals surface area contributed by atoms with Gasteiger partial charge in [0.25, 0.3) is 0 Å². The summed E-state index contributed by atoms with van der Waals surface area (Å²) in [7, 11) is -1.69. The van der Waals surface area contributed by atoms with E-state index in [0.29, 0.717) is 37.1 Å². The van der Waals surface area contributed by atoms with Crippen molar-refractivity contribution in [3.05, 3.63) is 30.3 Å². The molecule has 26 heavy (non-hydrogen) atoms. The van der Waals surface area contributed by atoms with Crippen LogP contribution in [-0.4, -0.2) is 64.7 Å². The Bertz CT molecular complexity index is 750. The molecule has 0 saturated carbocycles. The normalized spacial score (nSPS) is 30.7. The molecule has 0 spiro atoms. The summed E-state index contributed by atoms with van der Waals surface area (Å²) in [5.74, 6) is 2.07. The molecule has 3 aliphatic heterocycles. The van der Waals surface area contributed by atoms with Gasteiger partial charge in [0, 0.05) is 45.1 Å². The molecule has 3 heterocycles. The minimum absolute atomic E-state index is 0.284. The zero-order valence-corrected chi connectivity index (χ0v) is 15.8. The zero-order chi connectivity index (χ0) is 18.1. The number of ether oxygens (including phenoxy) is 1. The van der Waals surface area contributed by atoms with Crippen LogP contribution in [0.25, 0.3) is 0 Å². The maximum atomic E-state index is 12.2. The van der Waals surface area contributed by atoms with Gasteiger partial charge in [-0.05, 0) is 25.0 Å². The summed E-state index contributed by atoms with van der Waals surface area (Å²) >= 11 is 0. The first-order valence-corrected chi connectivity index (χ1v) is 10.7. The van der Waals surface area contributed by atoms with Gasteiger partial charge in [0.05, 0.1) is 17.1 Å². The summed E-state index contributed by atoms with van der Waals surface area (Å²) in [5, 5.41) is 3.28. The van der Waals surface area contributed by atoms with Crippen LogP contribution in [-0.2, 0) is 14.8 Å². The van der Waals surface area contributed by atoms with E-state index in [2.05, 4.69) is 19.9 Å². The fourth-order valence-electron chi connectivity index (χ4n) is 4.51. The van der Waals surface area contributed by atoms with E-state index in [-0.39, 0.29) is 4.90 Å². The van der Waals surface area contributed by atoms with Crippen LogP contribution in [0.4, 0.5) is 0 Å². The SMILES string of the molecule is CN=C(NCCNS(=O)(=O)c1ccccc1)N1CC2C3CCC(O3)C2C1. The highest BCUT2D eigenvalue weighted by Gasteiger charge is 2.53. The Morgan fingerprint density at radius 2 is 1.81 bits per heavy atom. The molecule has 0 amide bonds. The Morgan fingerprint density at radius 3 is 2.42 bits per heavy atom. The minimum Gasteiger partial charge on any atom is -0.374 e. The van der Waals surface area contributed by atoms with Crippen molar-refractivity contribution in [1.29, 1.82) is 0 Å². The van der Waals surface area contributed by atoms with Gasteiger partial charge < -0.3 is 15.0 Å². The number of hydrogen-bond acceptors (Lipinski definition) is 4. The number of rotatable bonds is 5. The second-order valence-corrected chi connectivity index (χ2v) is 8.97. The van der Waals surface area contributed by atoms with E-state index in [4.69, 9.17) is 4.74 Å². The Morgan fingerprint density at radius 1 is 1.15 bits per heavy atom. The number of likely N-dealkylation sites (tertiary alicyclic amines) is 1. The van der Waals surface area contributed by atoms with Gasteiger partial charge in [-0.3, -0.25) is 4.99 Å². The Hall–Kier alpha value is -1.64. The number of fused-ring (bicyclic) bond motifs is 5. The molecule has 3 aliphatic rings. The molecule has 4 unspecified atom stereocenters. The number of nitrogens with zero attached hydrogens (tertiary/aromatic N) is 2. The summed E-state index contributed by atoms with van der Waals surface area (Å²) in [6.07, 6.45) is 3.22. The summed E-state index contributed by atoms with van der Waals surface area (Å²) in [6.45, 7) is 2.75. The largest absolute Gasteiger partial charge is 0.374 e. The van der Waals surface area contributed by atoms with E-state index < -0.39 is 10.0 Å². The fraction of sp³-hybridized carbons (Fsp3) is 0.611. The van der Waals surface area contributed by atoms with Crippen LogP contribution in [0.1, 0.15) is 12.8 Å². The molecule has 142 valence electrons. The molecule has 7 nitrogen and oxygen atoms in total. The van der Waals surface area contributed by atoms with E-state index in [1.54, 1.807) is 37.4 Å². The number of benzene rings is 1. The van der Waals surface area contributed by atoms with Crippen molar-refractivity contribution < 1.29 is 13.2 Å². The second kappa shape index (κ2) is 7.17. The predicted octanol–water partition coefficient (Wildman–Crippen LogP) is 0.650. The van der Waals surface area contributed by atoms with Crippen LogP contribution >= 0.6 is 0 Å². The van der Waals surface area contributed by atoms with E-state index >= 15 is 0 Å². The van der Waals surface area contributed by atoms with Crippen molar-refractivity contribution in [2.75, 3.05) is 33.2 Å². The Labute approximate surface area is 154 Å². The summed E-state index contributed by atoms with van der Waals surface area (Å²) in [4.78, 5) is 6.94. The predicted molar refractivity (Wildman–Crippen MR) is 99.4 cm³/mol. The van der Waals surface area contributed by atoms with E-state index in [9.17, 15) is 8.42 Å². The van der Waals surface area contributed by atoms with Crippen molar-refractivity contribution in [3.63, 3.8) is 0 Å². The van der Waals surface area contributed by atoms with Crippen LogP contribution in [0.15, 0.2) is 40.2 Å². The van der Waals surface area contributed by atoms with Crippen LogP contribution in [0.3, 0.4) is 0 Å². The maximum absolute atomic E-state index is 12.2. The smallest absolute Gasteiger partial charge is 0.240 e. The summed E-state index contributed by atoms with van der Waals surface area (Å²) in [6, 6.07) is 8.42. The molecule has 2 bridgehead atoms. The first-order valence-electron chi connectivity index (χ1n) is 9.24. The van der Waals surface area contributed by atoms with Gasteiger partial charge in [-0.2, -0.15) is 0 Å². The monoisotopic (exact) mass is 378 g/mol. The molecule has 0 aliphatic carbocycles. The van der Waals surface area contributed by atoms with E-state index in [1.165, 1.54) is 12.8 Å². The third-order valence-corrected chi connectivity index (χ3v) is 7.19. The molecule has 1 aromatic rings. The standard InChI is InChI=1S/C18H26N4O3S/c1-19-18(22-11-14-15(12-22)17-8-7-16(14)25-17)20-9-10-21-26(23,24)13-5-3-2-4-6-13/h2-6,14-17,21H,7-12H2,1H3,(H,19,20). The first kappa shape index (κ1) is 17.8. The quantitative estimate of drug-likeness (QED) is 0.447. The van der Waals surface area contributed by atoms with Crippen molar-refractivity contribution in [1.82, 2.24) is 14.9 Å². The van der Waals surface area contributed by atoms with Gasteiger partial charge >= 0.3 is 0 Å². The molecule has 3 fully saturated rings. The molecular formula is C18H26N4O3S. The lowest BCUT2D eigenvalue weighted by molar-refractivity contribution is 0.0767.